The summed E-state index contributed by atoms with van der Waals surface area (Å²) in [7, 11) is 0. The zero-order chi connectivity index (χ0) is 10.1. The first-order valence-electron chi connectivity index (χ1n) is 3.25. The van der Waals surface area contributed by atoms with Gasteiger partial charge in [-0.2, -0.15) is 18.4 Å². The fraction of sp³-hybridized carbons (Fsp3) is 0.125. The Morgan fingerprint density at radius 1 is 1.31 bits per heavy atom. The number of rotatable bonds is 0. The summed E-state index contributed by atoms with van der Waals surface area (Å²) in [4.78, 5) is 0. The van der Waals surface area contributed by atoms with Crippen LogP contribution in [0.3, 0.4) is 0 Å². The zero-order valence-corrected chi connectivity index (χ0v) is 6.26. The van der Waals surface area contributed by atoms with E-state index in [1.165, 1.54) is 0 Å². The Kier molecular flexibility index (Phi) is 2.15. The largest absolute Gasteiger partial charge is 0.507 e. The normalized spacial score (nSPS) is 10.9. The van der Waals surface area contributed by atoms with E-state index in [2.05, 4.69) is 0 Å². The molecule has 0 fully saturated rings. The first kappa shape index (κ1) is 9.39. The van der Waals surface area contributed by atoms with Crippen LogP contribution >= 0.6 is 0 Å². The van der Waals surface area contributed by atoms with Gasteiger partial charge in [0.15, 0.2) is 0 Å². The van der Waals surface area contributed by atoms with E-state index in [9.17, 15) is 13.2 Å². The number of hydrogen-bond donors (Lipinski definition) is 1. The molecular formula is C8H4F3NO. The molecule has 1 aromatic rings. The summed E-state index contributed by atoms with van der Waals surface area (Å²) in [5.41, 5.74) is -1.14. The molecule has 0 bridgehead atoms. The molecule has 5 heteroatoms. The number of phenolic OH excluding ortho intramolecular Hbond substituents is 1. The first-order valence-corrected chi connectivity index (χ1v) is 3.25. The number of halogens is 3. The van der Waals surface area contributed by atoms with Gasteiger partial charge in [0.2, 0.25) is 0 Å². The van der Waals surface area contributed by atoms with Crippen LogP contribution in [-0.2, 0) is 6.18 Å². The minimum Gasteiger partial charge on any atom is -0.507 e. The molecule has 1 N–H and O–H groups in total. The van der Waals surface area contributed by atoms with Crippen LogP contribution in [0.4, 0.5) is 13.2 Å². The Bertz CT molecular complexity index is 365. The van der Waals surface area contributed by atoms with Crippen LogP contribution in [0.5, 0.6) is 5.75 Å². The highest BCUT2D eigenvalue weighted by molar-refractivity contribution is 5.42. The third-order valence-corrected chi connectivity index (χ3v) is 1.43. The Labute approximate surface area is 71.8 Å². The molecule has 0 aromatic heterocycles. The fourth-order valence-electron chi connectivity index (χ4n) is 0.841. The Balaban J connectivity index is 3.23. The van der Waals surface area contributed by atoms with Gasteiger partial charge in [0.1, 0.15) is 5.75 Å². The lowest BCUT2D eigenvalue weighted by atomic mass is 10.1. The van der Waals surface area contributed by atoms with Crippen LogP contribution < -0.4 is 0 Å². The maximum absolute atomic E-state index is 12.0. The van der Waals surface area contributed by atoms with E-state index in [0.717, 1.165) is 12.1 Å². The molecule has 13 heavy (non-hydrogen) atoms. The molecule has 0 saturated carbocycles. The summed E-state index contributed by atoms with van der Waals surface area (Å²) in [5.74, 6) is -0.924. The molecule has 68 valence electrons. The standard InChI is InChI=1S/C8H4F3NO/c9-8(10,11)6-2-1-5(4-12)3-7(6)13/h1-3,13H. The summed E-state index contributed by atoms with van der Waals surface area (Å²) >= 11 is 0. The van der Waals surface area contributed by atoms with Crippen molar-refractivity contribution in [2.24, 2.45) is 0 Å². The fourth-order valence-corrected chi connectivity index (χ4v) is 0.841. The lowest BCUT2D eigenvalue weighted by molar-refractivity contribution is -0.138. The minimum atomic E-state index is -4.59. The van der Waals surface area contributed by atoms with Crippen molar-refractivity contribution in [1.82, 2.24) is 0 Å². The summed E-state index contributed by atoms with van der Waals surface area (Å²) in [5, 5.41) is 17.2. The van der Waals surface area contributed by atoms with Gasteiger partial charge in [-0.1, -0.05) is 0 Å². The van der Waals surface area contributed by atoms with Crippen molar-refractivity contribution < 1.29 is 18.3 Å². The lowest BCUT2D eigenvalue weighted by Crippen LogP contribution is -2.04. The average molecular weight is 187 g/mol. The molecule has 0 heterocycles. The van der Waals surface area contributed by atoms with E-state index in [1.807, 2.05) is 0 Å². The van der Waals surface area contributed by atoms with E-state index in [1.54, 1.807) is 6.07 Å². The molecule has 0 aliphatic heterocycles. The van der Waals surface area contributed by atoms with E-state index < -0.39 is 17.5 Å². The average Bonchev–Trinajstić information content (AvgIpc) is 2.01. The summed E-state index contributed by atoms with van der Waals surface area (Å²) in [6.07, 6.45) is -4.59. The maximum atomic E-state index is 12.0. The van der Waals surface area contributed by atoms with Crippen molar-refractivity contribution in [2.45, 2.75) is 6.18 Å². The number of nitrogens with zero attached hydrogens (tertiary/aromatic N) is 1. The third-order valence-electron chi connectivity index (χ3n) is 1.43. The number of aromatic hydroxyl groups is 1. The second kappa shape index (κ2) is 2.98. The SMILES string of the molecule is N#Cc1ccc(C(F)(F)F)c(O)c1. The predicted octanol–water partition coefficient (Wildman–Crippen LogP) is 2.28. The second-order valence-corrected chi connectivity index (χ2v) is 2.34. The first-order chi connectivity index (χ1) is 5.95. The molecule has 1 rings (SSSR count). The number of hydrogen-bond acceptors (Lipinski definition) is 2. The Morgan fingerprint density at radius 2 is 1.92 bits per heavy atom. The molecule has 0 aliphatic carbocycles. The topological polar surface area (TPSA) is 44.0 Å². The Morgan fingerprint density at radius 3 is 2.31 bits per heavy atom. The van der Waals surface area contributed by atoms with Crippen molar-refractivity contribution in [1.29, 1.82) is 5.26 Å². The Hall–Kier alpha value is -1.70. The van der Waals surface area contributed by atoms with Gasteiger partial charge in [0, 0.05) is 0 Å². The molecule has 0 saturated heterocycles. The van der Waals surface area contributed by atoms with Crippen LogP contribution in [0, 0.1) is 11.3 Å². The highest BCUT2D eigenvalue weighted by atomic mass is 19.4. The maximum Gasteiger partial charge on any atom is 0.419 e. The third kappa shape index (κ3) is 1.90. The molecule has 0 aliphatic rings. The van der Waals surface area contributed by atoms with Crippen molar-refractivity contribution in [2.75, 3.05) is 0 Å². The van der Waals surface area contributed by atoms with E-state index in [-0.39, 0.29) is 5.56 Å². The molecule has 2 nitrogen and oxygen atoms in total. The van der Waals surface area contributed by atoms with Crippen molar-refractivity contribution >= 4 is 0 Å². The minimum absolute atomic E-state index is 0.00880. The summed E-state index contributed by atoms with van der Waals surface area (Å²) in [6.45, 7) is 0. The zero-order valence-electron chi connectivity index (χ0n) is 6.26. The highest BCUT2D eigenvalue weighted by Gasteiger charge is 2.33. The molecule has 0 spiro atoms. The quantitative estimate of drug-likeness (QED) is 0.677. The number of benzene rings is 1. The lowest BCUT2D eigenvalue weighted by Gasteiger charge is -2.07. The van der Waals surface area contributed by atoms with Crippen LogP contribution in [0.1, 0.15) is 11.1 Å². The van der Waals surface area contributed by atoms with E-state index in [4.69, 9.17) is 10.4 Å². The molecule has 0 atom stereocenters. The predicted molar refractivity (Wildman–Crippen MR) is 37.8 cm³/mol. The summed E-state index contributed by atoms with van der Waals surface area (Å²) in [6, 6.07) is 4.08. The van der Waals surface area contributed by atoms with E-state index >= 15 is 0 Å². The van der Waals surface area contributed by atoms with E-state index in [0.29, 0.717) is 6.07 Å². The molecular weight excluding hydrogens is 183 g/mol. The summed E-state index contributed by atoms with van der Waals surface area (Å²) < 4.78 is 36.1. The number of phenols is 1. The van der Waals surface area contributed by atoms with Gasteiger partial charge in [0.05, 0.1) is 17.2 Å². The molecule has 0 radical (unpaired) electrons. The molecule has 0 unspecified atom stereocenters. The van der Waals surface area contributed by atoms with Crippen molar-refractivity contribution in [3.05, 3.63) is 29.3 Å². The van der Waals surface area contributed by atoms with Crippen LogP contribution in [0.2, 0.25) is 0 Å². The van der Waals surface area contributed by atoms with Gasteiger partial charge >= 0.3 is 6.18 Å². The van der Waals surface area contributed by atoms with Gasteiger partial charge in [-0.05, 0) is 18.2 Å². The number of nitriles is 1. The number of alkyl halides is 3. The monoisotopic (exact) mass is 187 g/mol. The smallest absolute Gasteiger partial charge is 0.419 e. The van der Waals surface area contributed by atoms with Crippen LogP contribution in [0.15, 0.2) is 18.2 Å². The van der Waals surface area contributed by atoms with Gasteiger partial charge in [-0.3, -0.25) is 0 Å². The van der Waals surface area contributed by atoms with Crippen LogP contribution in [0.25, 0.3) is 0 Å². The van der Waals surface area contributed by atoms with Crippen LogP contribution in [-0.4, -0.2) is 5.11 Å². The second-order valence-electron chi connectivity index (χ2n) is 2.34. The van der Waals surface area contributed by atoms with Crippen molar-refractivity contribution in [3.63, 3.8) is 0 Å². The van der Waals surface area contributed by atoms with Gasteiger partial charge in [-0.15, -0.1) is 0 Å². The molecule has 1 aromatic carbocycles. The van der Waals surface area contributed by atoms with Gasteiger partial charge in [-0.25, -0.2) is 0 Å². The van der Waals surface area contributed by atoms with Gasteiger partial charge < -0.3 is 5.11 Å². The van der Waals surface area contributed by atoms with Crippen molar-refractivity contribution in [3.8, 4) is 11.8 Å². The van der Waals surface area contributed by atoms with Gasteiger partial charge in [0.25, 0.3) is 0 Å². The molecule has 0 amide bonds. The highest BCUT2D eigenvalue weighted by Crippen LogP contribution is 2.35.